The van der Waals surface area contributed by atoms with Gasteiger partial charge in [-0.2, -0.15) is 0 Å². The molecule has 2 aliphatic rings. The maximum atomic E-state index is 6.15. The molecule has 1 aromatic carbocycles. The second kappa shape index (κ2) is 10.6. The van der Waals surface area contributed by atoms with Crippen LogP contribution in [0.2, 0.25) is 0 Å². The van der Waals surface area contributed by atoms with E-state index in [2.05, 4.69) is 27.5 Å². The van der Waals surface area contributed by atoms with Gasteiger partial charge in [0.15, 0.2) is 5.58 Å². The van der Waals surface area contributed by atoms with Crippen LogP contribution in [0.5, 0.6) is 0 Å². The van der Waals surface area contributed by atoms with Crippen LogP contribution in [0, 0.1) is 11.8 Å². The fourth-order valence-corrected chi connectivity index (χ4v) is 4.86. The third-order valence-corrected chi connectivity index (χ3v) is 7.10. The number of rotatable bonds is 10. The first kappa shape index (κ1) is 23.0. The van der Waals surface area contributed by atoms with E-state index < -0.39 is 0 Å². The minimum atomic E-state index is 0.246. The van der Waals surface area contributed by atoms with E-state index >= 15 is 0 Å². The van der Waals surface area contributed by atoms with Crippen molar-refractivity contribution in [3.8, 4) is 0 Å². The van der Waals surface area contributed by atoms with E-state index in [0.717, 1.165) is 74.8 Å². The van der Waals surface area contributed by atoms with Crippen LogP contribution in [0.3, 0.4) is 0 Å². The molecule has 0 spiro atoms. The Hall–Kier alpha value is -2.18. The molecule has 0 bridgehead atoms. The van der Waals surface area contributed by atoms with Crippen LogP contribution >= 0.6 is 11.6 Å². The summed E-state index contributed by atoms with van der Waals surface area (Å²) < 4.78 is 5.88. The number of hydrogen-bond acceptors (Lipinski definition) is 6. The molecule has 32 heavy (non-hydrogen) atoms. The largest absolute Gasteiger partial charge is 0.389 e. The van der Waals surface area contributed by atoms with E-state index in [9.17, 15) is 0 Å². The Morgan fingerprint density at radius 3 is 2.53 bits per heavy atom. The number of piperidine rings is 1. The molecule has 1 aromatic heterocycles. The van der Waals surface area contributed by atoms with Gasteiger partial charge in [0.05, 0.1) is 16.7 Å². The Morgan fingerprint density at radius 1 is 1.12 bits per heavy atom. The van der Waals surface area contributed by atoms with Crippen molar-refractivity contribution >= 4 is 22.6 Å². The van der Waals surface area contributed by atoms with Crippen molar-refractivity contribution in [3.05, 3.63) is 52.1 Å². The van der Waals surface area contributed by atoms with Crippen LogP contribution in [0.1, 0.15) is 55.3 Å². The van der Waals surface area contributed by atoms with Gasteiger partial charge in [0.2, 0.25) is 0 Å². The van der Waals surface area contributed by atoms with E-state index in [1.807, 2.05) is 7.05 Å². The van der Waals surface area contributed by atoms with Gasteiger partial charge in [0.25, 0.3) is 0 Å². The van der Waals surface area contributed by atoms with Crippen molar-refractivity contribution in [2.24, 2.45) is 23.3 Å². The summed E-state index contributed by atoms with van der Waals surface area (Å²) in [5.41, 5.74) is 16.4. The van der Waals surface area contributed by atoms with Crippen LogP contribution in [0.15, 0.2) is 39.8 Å². The number of allylic oxidation sites excluding steroid dienone is 2. The van der Waals surface area contributed by atoms with E-state index in [1.54, 1.807) is 12.2 Å². The fraction of sp³-hybridized carbons (Fsp3) is 0.560. The van der Waals surface area contributed by atoms with Crippen molar-refractivity contribution in [1.29, 1.82) is 0 Å². The molecular weight excluding hydrogens is 422 g/mol. The number of aromatic nitrogens is 1. The molecule has 7 heteroatoms. The number of nitrogens with two attached hydrogens (primary N) is 2. The number of nitrogens with one attached hydrogen (secondary N) is 1. The van der Waals surface area contributed by atoms with Gasteiger partial charge < -0.3 is 26.2 Å². The number of aryl methyl sites for hydroxylation is 2. The molecule has 1 saturated carbocycles. The molecule has 5 N–H and O–H groups in total. The highest BCUT2D eigenvalue weighted by molar-refractivity contribution is 6.29. The van der Waals surface area contributed by atoms with Crippen molar-refractivity contribution in [3.63, 3.8) is 0 Å². The molecule has 1 aliphatic carbocycles. The molecule has 0 amide bonds. The number of benzene rings is 1. The lowest BCUT2D eigenvalue weighted by Gasteiger charge is -2.33. The predicted octanol–water partition coefficient (Wildman–Crippen LogP) is 4.37. The van der Waals surface area contributed by atoms with E-state index in [-0.39, 0.29) is 5.16 Å². The predicted molar refractivity (Wildman–Crippen MR) is 131 cm³/mol. The summed E-state index contributed by atoms with van der Waals surface area (Å²) >= 11 is 5.69. The molecule has 2 heterocycles. The molecule has 2 fully saturated rings. The van der Waals surface area contributed by atoms with Gasteiger partial charge in [0, 0.05) is 30.6 Å². The second-order valence-electron chi connectivity index (χ2n) is 9.33. The first-order chi connectivity index (χ1) is 15.5. The molecule has 0 radical (unpaired) electrons. The molecule has 1 saturated heterocycles. The van der Waals surface area contributed by atoms with Crippen molar-refractivity contribution in [2.45, 2.75) is 57.9 Å². The summed E-state index contributed by atoms with van der Waals surface area (Å²) in [6.45, 7) is 2.74. The molecule has 2 aromatic rings. The summed E-state index contributed by atoms with van der Waals surface area (Å²) in [6.07, 6.45) is 13.0. The third-order valence-electron chi connectivity index (χ3n) is 6.97. The van der Waals surface area contributed by atoms with Crippen LogP contribution < -0.4 is 16.8 Å². The monoisotopic (exact) mass is 457 g/mol. The first-order valence-electron chi connectivity index (χ1n) is 11.9. The standard InChI is InChI=1S/C25H36ClN5O/c1-29-16-21-19(6-4-17-2-3-17)7-8-20-22(30-32-25(20)21)9-5-18-12-14-31(15-13-18)24(28)11-10-23(26)27/h7-8,10-11,17-18,29H,2-6,9,12-16,27-28H2,1H3/b23-10-,24-11+. The summed E-state index contributed by atoms with van der Waals surface area (Å²) in [5.74, 6) is 2.34. The van der Waals surface area contributed by atoms with Gasteiger partial charge >= 0.3 is 0 Å². The van der Waals surface area contributed by atoms with Gasteiger partial charge in [-0.3, -0.25) is 0 Å². The van der Waals surface area contributed by atoms with E-state index in [0.29, 0.717) is 5.92 Å². The maximum absolute atomic E-state index is 6.15. The van der Waals surface area contributed by atoms with Gasteiger partial charge in [-0.15, -0.1) is 0 Å². The van der Waals surface area contributed by atoms with Gasteiger partial charge in [-0.05, 0) is 81.2 Å². The number of fused-ring (bicyclic) bond motifs is 1. The number of likely N-dealkylation sites (tertiary alicyclic amines) is 1. The molecular formula is C25H36ClN5O. The summed E-state index contributed by atoms with van der Waals surface area (Å²) in [5, 5.41) is 9.23. The van der Waals surface area contributed by atoms with Crippen LogP contribution in [-0.2, 0) is 19.4 Å². The van der Waals surface area contributed by atoms with Crippen molar-refractivity contribution in [1.82, 2.24) is 15.4 Å². The second-order valence-corrected chi connectivity index (χ2v) is 9.77. The Bertz CT molecular complexity index is 966. The number of nitrogens with zero attached hydrogens (tertiary/aromatic N) is 2. The van der Waals surface area contributed by atoms with Crippen molar-refractivity contribution < 1.29 is 4.52 Å². The fourth-order valence-electron chi connectivity index (χ4n) is 4.79. The summed E-state index contributed by atoms with van der Waals surface area (Å²) in [4.78, 5) is 2.20. The van der Waals surface area contributed by atoms with Crippen LogP contribution in [0.4, 0.5) is 0 Å². The highest BCUT2D eigenvalue weighted by Crippen LogP contribution is 2.35. The van der Waals surface area contributed by atoms with Gasteiger partial charge in [0.1, 0.15) is 0 Å². The third kappa shape index (κ3) is 5.78. The van der Waals surface area contributed by atoms with Crippen LogP contribution in [0.25, 0.3) is 11.0 Å². The lowest BCUT2D eigenvalue weighted by molar-refractivity contribution is 0.217. The van der Waals surface area contributed by atoms with Crippen LogP contribution in [-0.4, -0.2) is 30.2 Å². The SMILES string of the molecule is CNCc1c(CCC2CC2)ccc2c(CCC3CCN(/C(N)=C/C=C(\N)Cl)CC3)noc12. The zero-order chi connectivity index (χ0) is 22.5. The topological polar surface area (TPSA) is 93.3 Å². The zero-order valence-electron chi connectivity index (χ0n) is 19.1. The van der Waals surface area contributed by atoms with Gasteiger partial charge in [-0.1, -0.05) is 35.7 Å². The quantitative estimate of drug-likeness (QED) is 0.362. The van der Waals surface area contributed by atoms with E-state index in [4.69, 9.17) is 27.6 Å². The zero-order valence-corrected chi connectivity index (χ0v) is 19.8. The number of halogens is 1. The molecule has 1 aliphatic heterocycles. The summed E-state index contributed by atoms with van der Waals surface area (Å²) in [6, 6.07) is 4.53. The first-order valence-corrected chi connectivity index (χ1v) is 12.3. The highest BCUT2D eigenvalue weighted by atomic mass is 35.5. The molecule has 0 unspecified atom stereocenters. The molecule has 6 nitrogen and oxygen atoms in total. The normalized spacial score (nSPS) is 18.6. The van der Waals surface area contributed by atoms with E-state index in [1.165, 1.54) is 35.8 Å². The summed E-state index contributed by atoms with van der Waals surface area (Å²) in [7, 11) is 2.00. The molecule has 0 atom stereocenters. The maximum Gasteiger partial charge on any atom is 0.171 e. The Morgan fingerprint density at radius 2 is 1.84 bits per heavy atom. The molecule has 4 rings (SSSR count). The van der Waals surface area contributed by atoms with Crippen molar-refractivity contribution in [2.75, 3.05) is 20.1 Å². The number of hydrogen-bond donors (Lipinski definition) is 3. The smallest absolute Gasteiger partial charge is 0.171 e. The Kier molecular flexibility index (Phi) is 7.63. The average molecular weight is 458 g/mol. The van der Waals surface area contributed by atoms with Gasteiger partial charge in [-0.25, -0.2) is 0 Å². The lowest BCUT2D eigenvalue weighted by atomic mass is 9.90. The average Bonchev–Trinajstić information content (AvgIpc) is 3.54. The Labute approximate surface area is 196 Å². The molecule has 174 valence electrons. The highest BCUT2D eigenvalue weighted by Gasteiger charge is 2.23. The lowest BCUT2D eigenvalue weighted by Crippen LogP contribution is -2.36. The Balaban J connectivity index is 1.36. The minimum absolute atomic E-state index is 0.246. The minimum Gasteiger partial charge on any atom is -0.389 e.